The molecule has 0 spiro atoms. The van der Waals surface area contributed by atoms with Gasteiger partial charge in [-0.2, -0.15) is 5.10 Å². The number of benzene rings is 1. The van der Waals surface area contributed by atoms with Crippen molar-refractivity contribution >= 4 is 23.6 Å². The highest BCUT2D eigenvalue weighted by atomic mass is 16.5. The number of ether oxygens (including phenoxy) is 1. The van der Waals surface area contributed by atoms with Gasteiger partial charge in [-0.05, 0) is 81.3 Å². The van der Waals surface area contributed by atoms with Crippen LogP contribution in [0.1, 0.15) is 61.3 Å². The number of hydrogen-bond donors (Lipinski definition) is 3. The summed E-state index contributed by atoms with van der Waals surface area (Å²) in [5.41, 5.74) is 2.40. The zero-order valence-electron chi connectivity index (χ0n) is 25.1. The third kappa shape index (κ3) is 8.13. The van der Waals surface area contributed by atoms with Gasteiger partial charge >= 0.3 is 0 Å². The lowest BCUT2D eigenvalue weighted by Gasteiger charge is -2.34. The Morgan fingerprint density at radius 1 is 1.09 bits per heavy atom. The molecule has 0 saturated carbocycles. The van der Waals surface area contributed by atoms with Gasteiger partial charge in [0, 0.05) is 38.4 Å². The van der Waals surface area contributed by atoms with E-state index in [1.54, 1.807) is 22.8 Å². The molecule has 2 aromatic rings. The minimum absolute atomic E-state index is 0.161. The van der Waals surface area contributed by atoms with Gasteiger partial charge in [0.1, 0.15) is 17.8 Å². The van der Waals surface area contributed by atoms with Crippen LogP contribution in [0.4, 0.5) is 0 Å². The largest absolute Gasteiger partial charge is 0.494 e. The number of amides is 4. The number of nitrogens with zero attached hydrogens (tertiary/aromatic N) is 4. The minimum Gasteiger partial charge on any atom is -0.494 e. The fraction of sp³-hybridized carbons (Fsp3) is 0.581. The molecule has 4 bridgehead atoms. The Morgan fingerprint density at radius 3 is 2.67 bits per heavy atom. The number of rotatable bonds is 4. The third-order valence-electron chi connectivity index (χ3n) is 8.64. The molecule has 1 aromatic carbocycles. The van der Waals surface area contributed by atoms with Gasteiger partial charge in [-0.15, -0.1) is 0 Å². The molecule has 0 aliphatic carbocycles. The molecule has 2 unspecified atom stereocenters. The first-order chi connectivity index (χ1) is 20.7. The molecule has 5 rings (SSSR count). The van der Waals surface area contributed by atoms with Crippen LogP contribution in [0.2, 0.25) is 0 Å². The molecule has 2 saturated heterocycles. The van der Waals surface area contributed by atoms with Gasteiger partial charge in [-0.3, -0.25) is 28.8 Å². The Kier molecular flexibility index (Phi) is 9.96. The predicted molar refractivity (Wildman–Crippen MR) is 159 cm³/mol. The van der Waals surface area contributed by atoms with Gasteiger partial charge in [-0.1, -0.05) is 6.07 Å². The average molecular weight is 594 g/mol. The number of hydrogen-bond acceptors (Lipinski definition) is 7. The van der Waals surface area contributed by atoms with Crippen molar-refractivity contribution in [3.05, 3.63) is 47.3 Å². The van der Waals surface area contributed by atoms with Crippen molar-refractivity contribution in [3.63, 3.8) is 0 Å². The lowest BCUT2D eigenvalue weighted by molar-refractivity contribution is -0.138. The van der Waals surface area contributed by atoms with Gasteiger partial charge in [0.2, 0.25) is 23.6 Å². The normalized spacial score (nSPS) is 24.4. The number of nitrogens with one attached hydrogen (secondary N) is 3. The van der Waals surface area contributed by atoms with Crippen molar-refractivity contribution in [3.8, 4) is 5.75 Å². The first-order valence-electron chi connectivity index (χ1n) is 15.3. The summed E-state index contributed by atoms with van der Waals surface area (Å²) in [5.74, 6) is -0.520. The van der Waals surface area contributed by atoms with Crippen molar-refractivity contribution in [1.82, 2.24) is 35.5 Å². The molecule has 1 aromatic heterocycles. The lowest BCUT2D eigenvalue weighted by Crippen LogP contribution is -2.54. The monoisotopic (exact) mass is 593 g/mol. The molecule has 3 aliphatic heterocycles. The summed E-state index contributed by atoms with van der Waals surface area (Å²) >= 11 is 0. The smallest absolute Gasteiger partial charge is 0.247 e. The number of fused-ring (bicyclic) bond motifs is 4. The standard InChI is InChI=1S/C31H43N7O5/c1-21-7-8-25-14-23(21)16-32-31(42)29(24-17-33-36(2)19-24)35-30(41)26(34-27(39)20-37-10-3-4-11-37)15-28(40)38-12-5-6-22(18-38)9-13-43-25/h7-8,14,17,19,22,26,29H,3-6,9-13,15-16,18,20H2,1-2H3,(H,32,42)(H,34,39)(H,35,41)/t22?,26-,29?/m0/s1. The van der Waals surface area contributed by atoms with Crippen molar-refractivity contribution in [1.29, 1.82) is 0 Å². The summed E-state index contributed by atoms with van der Waals surface area (Å²) in [5, 5.41) is 12.8. The van der Waals surface area contributed by atoms with Crippen LogP contribution in [0.15, 0.2) is 30.6 Å². The zero-order valence-corrected chi connectivity index (χ0v) is 25.1. The molecule has 0 radical (unpaired) electrons. The fourth-order valence-electron chi connectivity index (χ4n) is 6.11. The first kappa shape index (κ1) is 30.5. The van der Waals surface area contributed by atoms with E-state index in [1.165, 1.54) is 6.20 Å². The Bertz CT molecular complexity index is 1320. The van der Waals surface area contributed by atoms with Gasteiger partial charge in [-0.25, -0.2) is 0 Å². The molecular formula is C31H43N7O5. The Labute approximate surface area is 252 Å². The number of carbonyl (C=O) groups excluding carboxylic acids is 4. The molecule has 43 heavy (non-hydrogen) atoms. The highest BCUT2D eigenvalue weighted by Crippen LogP contribution is 2.23. The Balaban J connectivity index is 1.41. The zero-order chi connectivity index (χ0) is 30.3. The van der Waals surface area contributed by atoms with Crippen molar-refractivity contribution in [2.75, 3.05) is 39.3 Å². The summed E-state index contributed by atoms with van der Waals surface area (Å²) < 4.78 is 7.63. The third-order valence-corrected chi connectivity index (χ3v) is 8.64. The van der Waals surface area contributed by atoms with Crippen LogP contribution in [0.3, 0.4) is 0 Å². The van der Waals surface area contributed by atoms with E-state index in [2.05, 4.69) is 21.0 Å². The van der Waals surface area contributed by atoms with Gasteiger partial charge in [0.05, 0.1) is 25.8 Å². The molecule has 12 nitrogen and oxygen atoms in total. The average Bonchev–Trinajstić information content (AvgIpc) is 3.66. The van der Waals surface area contributed by atoms with Gasteiger partial charge in [0.15, 0.2) is 0 Å². The summed E-state index contributed by atoms with van der Waals surface area (Å²) in [7, 11) is 1.73. The van der Waals surface area contributed by atoms with E-state index in [0.717, 1.165) is 62.1 Å². The van der Waals surface area contributed by atoms with Crippen molar-refractivity contribution in [2.24, 2.45) is 13.0 Å². The Morgan fingerprint density at radius 2 is 1.91 bits per heavy atom. The second-order valence-corrected chi connectivity index (χ2v) is 12.0. The van der Waals surface area contributed by atoms with E-state index in [0.29, 0.717) is 25.3 Å². The highest BCUT2D eigenvalue weighted by Gasteiger charge is 2.33. The molecular weight excluding hydrogens is 550 g/mol. The highest BCUT2D eigenvalue weighted by molar-refractivity contribution is 5.95. The lowest BCUT2D eigenvalue weighted by atomic mass is 9.94. The SMILES string of the molecule is Cc1ccc2cc1CNC(=O)C(c1cnn(C)c1)NC(=O)[C@@H](NC(=O)CN1CCCC1)CC(=O)N1CCCC(CCO2)C1. The maximum absolute atomic E-state index is 13.8. The summed E-state index contributed by atoms with van der Waals surface area (Å²) in [6.45, 7) is 5.73. The van der Waals surface area contributed by atoms with Gasteiger partial charge < -0.3 is 25.6 Å². The molecule has 4 heterocycles. The second-order valence-electron chi connectivity index (χ2n) is 12.0. The number of aryl methyl sites for hydroxylation is 2. The van der Waals surface area contributed by atoms with E-state index in [9.17, 15) is 19.2 Å². The summed E-state index contributed by atoms with van der Waals surface area (Å²) in [4.78, 5) is 57.8. The number of likely N-dealkylation sites (tertiary alicyclic amines) is 1. The maximum Gasteiger partial charge on any atom is 0.247 e. The minimum atomic E-state index is -1.13. The molecule has 4 amide bonds. The van der Waals surface area contributed by atoms with E-state index in [1.807, 2.05) is 30.0 Å². The molecule has 2 fully saturated rings. The van der Waals surface area contributed by atoms with Crippen molar-refractivity contribution < 1.29 is 23.9 Å². The van der Waals surface area contributed by atoms with Crippen LogP contribution >= 0.6 is 0 Å². The van der Waals surface area contributed by atoms with Crippen LogP contribution in [-0.2, 0) is 32.8 Å². The van der Waals surface area contributed by atoms with Gasteiger partial charge in [0.25, 0.3) is 0 Å². The van der Waals surface area contributed by atoms with E-state index >= 15 is 0 Å². The Hall–Kier alpha value is -3.93. The molecule has 3 aliphatic rings. The van der Waals surface area contributed by atoms with Crippen molar-refractivity contribution in [2.45, 2.75) is 64.1 Å². The fourth-order valence-corrected chi connectivity index (χ4v) is 6.11. The predicted octanol–water partition coefficient (Wildman–Crippen LogP) is 1.19. The van der Waals surface area contributed by atoms with E-state index in [-0.39, 0.29) is 37.2 Å². The van der Waals surface area contributed by atoms with Crippen LogP contribution in [0, 0.1) is 12.8 Å². The van der Waals surface area contributed by atoms with Crippen LogP contribution in [0.5, 0.6) is 5.75 Å². The summed E-state index contributed by atoms with van der Waals surface area (Å²) in [6, 6.07) is 3.61. The molecule has 12 heteroatoms. The van der Waals surface area contributed by atoms with Crippen LogP contribution in [0.25, 0.3) is 0 Å². The molecule has 3 atom stereocenters. The summed E-state index contributed by atoms with van der Waals surface area (Å²) in [6.07, 6.45) is 7.73. The number of piperidine rings is 1. The van der Waals surface area contributed by atoms with Crippen LogP contribution < -0.4 is 20.7 Å². The number of carbonyl (C=O) groups is 4. The maximum atomic E-state index is 13.8. The quantitative estimate of drug-likeness (QED) is 0.484. The topological polar surface area (TPSA) is 138 Å². The van der Waals surface area contributed by atoms with E-state index < -0.39 is 23.9 Å². The molecule has 232 valence electrons. The van der Waals surface area contributed by atoms with E-state index in [4.69, 9.17) is 4.74 Å². The number of aromatic nitrogens is 2. The second kappa shape index (κ2) is 14.0. The van der Waals surface area contributed by atoms with Crippen LogP contribution in [-0.4, -0.2) is 88.6 Å². The molecule has 3 N–H and O–H groups in total. The first-order valence-corrected chi connectivity index (χ1v) is 15.3.